The van der Waals surface area contributed by atoms with E-state index in [1.165, 1.54) is 109 Å². The van der Waals surface area contributed by atoms with Crippen molar-refractivity contribution in [1.82, 2.24) is 0 Å². The van der Waals surface area contributed by atoms with Gasteiger partial charge in [-0.25, -0.2) is 29.1 Å². The van der Waals surface area contributed by atoms with Crippen molar-refractivity contribution in [3.8, 4) is 17.2 Å². The maximum absolute atomic E-state index is 13.1. The molecule has 0 aromatic heterocycles. The Morgan fingerprint density at radius 3 is 0.716 bits per heavy atom. The summed E-state index contributed by atoms with van der Waals surface area (Å²) < 4.78 is 17.0. The molecule has 326 valence electrons. The van der Waals surface area contributed by atoms with Gasteiger partial charge in [-0.15, -0.1) is 0 Å². The van der Waals surface area contributed by atoms with E-state index in [2.05, 4.69) is 0 Å². The normalized spacial score (nSPS) is 14.2. The van der Waals surface area contributed by atoms with Gasteiger partial charge in [0.05, 0.1) is 33.8 Å². The van der Waals surface area contributed by atoms with Gasteiger partial charge in [0.2, 0.25) is 0 Å². The van der Waals surface area contributed by atoms with Gasteiger partial charge >= 0.3 is 17.9 Å². The molecular weight excluding hydrogens is 859 g/mol. The van der Waals surface area contributed by atoms with Crippen LogP contribution in [0.25, 0.3) is 0 Å². The molecule has 0 aliphatic carbocycles. The molecule has 3 aliphatic heterocycles. The molecule has 3 heterocycles. The van der Waals surface area contributed by atoms with Crippen LogP contribution in [0.5, 0.6) is 17.2 Å². The van der Waals surface area contributed by atoms with Crippen molar-refractivity contribution < 1.29 is 57.4 Å². The number of anilines is 3. The largest absolute Gasteiger partial charge is 0.423 e. The van der Waals surface area contributed by atoms with E-state index in [-0.39, 0.29) is 33.9 Å². The smallest absolute Gasteiger partial charge is 0.343 e. The van der Waals surface area contributed by atoms with Crippen molar-refractivity contribution in [2.24, 2.45) is 0 Å². The third-order valence-corrected chi connectivity index (χ3v) is 10.8. The van der Waals surface area contributed by atoms with Crippen molar-refractivity contribution in [2.45, 2.75) is 5.92 Å². The molecule has 0 saturated heterocycles. The molecule has 0 spiro atoms. The number of carbonyl (C=O) groups is 9. The third kappa shape index (κ3) is 8.83. The topological polar surface area (TPSA) is 191 Å². The second kappa shape index (κ2) is 17.9. The quantitative estimate of drug-likeness (QED) is 0.0541. The van der Waals surface area contributed by atoms with Crippen molar-refractivity contribution in [2.75, 3.05) is 14.7 Å². The minimum Gasteiger partial charge on any atom is -0.423 e. The number of amides is 6. The highest BCUT2D eigenvalue weighted by molar-refractivity contribution is 6.29. The zero-order valence-corrected chi connectivity index (χ0v) is 34.6. The van der Waals surface area contributed by atoms with Crippen LogP contribution in [0.2, 0.25) is 0 Å². The Labute approximate surface area is 380 Å². The molecule has 15 nitrogen and oxygen atoms in total. The fourth-order valence-electron chi connectivity index (χ4n) is 7.46. The summed E-state index contributed by atoms with van der Waals surface area (Å²) in [5.74, 6) is -4.64. The maximum atomic E-state index is 13.1. The average molecular weight is 890 g/mol. The summed E-state index contributed by atoms with van der Waals surface area (Å²) in [6.45, 7) is 0. The lowest BCUT2D eigenvalue weighted by Crippen LogP contribution is -2.29. The number of imide groups is 3. The molecule has 67 heavy (non-hydrogen) atoms. The van der Waals surface area contributed by atoms with Gasteiger partial charge in [-0.05, 0) is 126 Å². The molecule has 6 aromatic carbocycles. The van der Waals surface area contributed by atoms with E-state index < -0.39 is 59.3 Å². The van der Waals surface area contributed by atoms with E-state index in [4.69, 9.17) is 14.2 Å². The van der Waals surface area contributed by atoms with Gasteiger partial charge in [-0.2, -0.15) is 0 Å². The second-order valence-corrected chi connectivity index (χ2v) is 15.0. The molecule has 0 unspecified atom stereocenters. The first kappa shape index (κ1) is 42.7. The molecule has 0 radical (unpaired) electrons. The average Bonchev–Trinajstić information content (AvgIpc) is 3.99. The molecule has 3 aliphatic rings. The predicted octanol–water partition coefficient (Wildman–Crippen LogP) is 6.81. The van der Waals surface area contributed by atoms with Gasteiger partial charge in [0, 0.05) is 42.4 Å². The van der Waals surface area contributed by atoms with E-state index in [1.54, 1.807) is 72.8 Å². The van der Waals surface area contributed by atoms with Gasteiger partial charge in [0.1, 0.15) is 17.2 Å². The van der Waals surface area contributed by atoms with Crippen molar-refractivity contribution in [3.05, 3.63) is 215 Å². The number of benzene rings is 6. The monoisotopic (exact) mass is 889 g/mol. The summed E-state index contributed by atoms with van der Waals surface area (Å²) in [5, 5.41) is 0. The van der Waals surface area contributed by atoms with Crippen molar-refractivity contribution >= 4 is 70.4 Å². The van der Waals surface area contributed by atoms with Crippen LogP contribution in [0.4, 0.5) is 17.1 Å². The number of esters is 3. The Bertz CT molecular complexity index is 2740. The number of hydrogen-bond donors (Lipinski definition) is 0. The molecule has 15 heteroatoms. The molecule has 9 rings (SSSR count). The summed E-state index contributed by atoms with van der Waals surface area (Å²) in [7, 11) is 0. The first-order valence-electron chi connectivity index (χ1n) is 20.4. The highest BCUT2D eigenvalue weighted by Crippen LogP contribution is 2.35. The van der Waals surface area contributed by atoms with Crippen LogP contribution in [0.3, 0.4) is 0 Å². The molecular formula is C52H31N3O12. The molecule has 0 saturated carbocycles. The second-order valence-electron chi connectivity index (χ2n) is 15.0. The van der Waals surface area contributed by atoms with Gasteiger partial charge in [0.25, 0.3) is 35.4 Å². The number of carbonyl (C=O) groups excluding carboxylic acids is 9. The highest BCUT2D eigenvalue weighted by Gasteiger charge is 2.28. The van der Waals surface area contributed by atoms with Crippen LogP contribution in [0.15, 0.2) is 182 Å². The number of hydrogen-bond acceptors (Lipinski definition) is 12. The summed E-state index contributed by atoms with van der Waals surface area (Å²) in [4.78, 5) is 115. The Morgan fingerprint density at radius 2 is 0.507 bits per heavy atom. The summed E-state index contributed by atoms with van der Waals surface area (Å²) in [6.07, 6.45) is 7.00. The lowest BCUT2D eigenvalue weighted by atomic mass is 9.85. The minimum atomic E-state index is -0.668. The van der Waals surface area contributed by atoms with Gasteiger partial charge in [-0.1, -0.05) is 36.4 Å². The summed E-state index contributed by atoms with van der Waals surface area (Å²) in [6, 6.07) is 38.0. The summed E-state index contributed by atoms with van der Waals surface area (Å²) in [5.41, 5.74) is 3.79. The zero-order chi connectivity index (χ0) is 46.8. The van der Waals surface area contributed by atoms with Crippen LogP contribution in [0.1, 0.15) is 53.7 Å². The van der Waals surface area contributed by atoms with Crippen molar-refractivity contribution in [3.63, 3.8) is 0 Å². The molecule has 0 atom stereocenters. The predicted molar refractivity (Wildman–Crippen MR) is 239 cm³/mol. The standard InChI is InChI=1S/C52H31N3O12/c56-43-25-26-44(57)53(43)37-13-1-34(2-14-37)50(62)65-40-19-7-31(8-20-40)49(32-9-21-41(22-10-32)66-51(63)35-3-15-38(16-4-35)54-45(58)27-28-46(54)59)33-11-23-42(24-12-33)67-52(64)36-5-17-39(18-6-36)55-47(60)29-30-48(55)61/h1-30,49H. The maximum Gasteiger partial charge on any atom is 0.343 e. The first-order valence-corrected chi connectivity index (χ1v) is 20.4. The Hall–Kier alpha value is -9.63. The first-order chi connectivity index (χ1) is 32.4. The molecule has 6 aromatic rings. The number of rotatable bonds is 12. The van der Waals surface area contributed by atoms with E-state index in [1.807, 2.05) is 0 Å². The van der Waals surface area contributed by atoms with Crippen LogP contribution in [-0.4, -0.2) is 53.4 Å². The van der Waals surface area contributed by atoms with Gasteiger partial charge < -0.3 is 14.2 Å². The lowest BCUT2D eigenvalue weighted by Gasteiger charge is -2.20. The van der Waals surface area contributed by atoms with Gasteiger partial charge in [0.15, 0.2) is 0 Å². The van der Waals surface area contributed by atoms with Gasteiger partial charge in [-0.3, -0.25) is 28.8 Å². The number of nitrogens with zero attached hydrogens (tertiary/aromatic N) is 3. The van der Waals surface area contributed by atoms with E-state index in [0.29, 0.717) is 17.1 Å². The SMILES string of the molecule is O=C(Oc1ccc(C(c2ccc(OC(=O)c3ccc(N4C(=O)C=CC4=O)cc3)cc2)c2ccc(OC(=O)c3ccc(N4C(=O)C=CC4=O)cc3)cc2)cc1)c1ccc(N2C(=O)C=CC2=O)cc1. The van der Waals surface area contributed by atoms with E-state index >= 15 is 0 Å². The Morgan fingerprint density at radius 1 is 0.299 bits per heavy atom. The van der Waals surface area contributed by atoms with Crippen LogP contribution < -0.4 is 28.9 Å². The van der Waals surface area contributed by atoms with Crippen LogP contribution in [0, 0.1) is 0 Å². The highest BCUT2D eigenvalue weighted by atomic mass is 16.5. The zero-order valence-electron chi connectivity index (χ0n) is 34.6. The number of ether oxygens (including phenoxy) is 3. The Balaban J connectivity index is 0.921. The van der Waals surface area contributed by atoms with E-state index in [9.17, 15) is 43.2 Å². The van der Waals surface area contributed by atoms with Crippen molar-refractivity contribution in [1.29, 1.82) is 0 Å². The fraction of sp³-hybridized carbons (Fsp3) is 0.0192. The molecule has 0 bridgehead atoms. The Kier molecular flexibility index (Phi) is 11.4. The molecule has 0 N–H and O–H groups in total. The molecule has 6 amide bonds. The fourth-order valence-corrected chi connectivity index (χ4v) is 7.46. The van der Waals surface area contributed by atoms with Crippen LogP contribution >= 0.6 is 0 Å². The van der Waals surface area contributed by atoms with Crippen LogP contribution in [-0.2, 0) is 28.8 Å². The minimum absolute atomic E-state index is 0.189. The lowest BCUT2D eigenvalue weighted by molar-refractivity contribution is -0.121. The third-order valence-electron chi connectivity index (χ3n) is 10.8. The summed E-state index contributed by atoms with van der Waals surface area (Å²) >= 11 is 0. The van der Waals surface area contributed by atoms with E-state index in [0.717, 1.165) is 31.4 Å². The molecule has 0 fully saturated rings.